The molecule has 3 heteroatoms. The van der Waals surface area contributed by atoms with Crippen molar-refractivity contribution in [1.82, 2.24) is 0 Å². The van der Waals surface area contributed by atoms with Crippen LogP contribution in [0, 0.1) is 17.1 Å². The molecule has 0 spiro atoms. The normalized spacial score (nSPS) is 11.1. The molecule has 0 heterocycles. The Morgan fingerprint density at radius 3 is 2.53 bits per heavy atom. The highest BCUT2D eigenvalue weighted by Crippen LogP contribution is 2.22. The lowest BCUT2D eigenvalue weighted by molar-refractivity contribution is 0.159. The molecule has 2 nitrogen and oxygen atoms in total. The van der Waals surface area contributed by atoms with Gasteiger partial charge in [0.2, 0.25) is 0 Å². The first-order valence-corrected chi connectivity index (χ1v) is 6.06. The van der Waals surface area contributed by atoms with Crippen LogP contribution < -0.4 is 0 Å². The number of nitriles is 1. The van der Waals surface area contributed by atoms with E-state index in [0.717, 1.165) is 18.9 Å². The van der Waals surface area contributed by atoms with Crippen LogP contribution in [0.25, 0.3) is 0 Å². The molecule has 0 aromatic heterocycles. The smallest absolute Gasteiger partial charge is 0.130 e. The standard InChI is InChI=1S/C12H14FNO.C2H6/c1-2-3-4-12(15)10-6-5-9(8-14)7-11(10)13;1-2/h5-7,12,15H,2-4H2,1H3;1-2H3. The highest BCUT2D eigenvalue weighted by atomic mass is 19.1. The quantitative estimate of drug-likeness (QED) is 0.861. The van der Waals surface area contributed by atoms with Crippen molar-refractivity contribution in [1.29, 1.82) is 5.26 Å². The summed E-state index contributed by atoms with van der Waals surface area (Å²) in [6, 6.07) is 6.01. The van der Waals surface area contributed by atoms with Crippen molar-refractivity contribution in [3.8, 4) is 6.07 Å². The zero-order chi connectivity index (χ0) is 13.3. The maximum atomic E-state index is 13.4. The van der Waals surface area contributed by atoms with Crippen molar-refractivity contribution in [3.63, 3.8) is 0 Å². The minimum Gasteiger partial charge on any atom is -0.388 e. The highest BCUT2D eigenvalue weighted by Gasteiger charge is 2.12. The third-order valence-corrected chi connectivity index (χ3v) is 2.32. The van der Waals surface area contributed by atoms with Gasteiger partial charge >= 0.3 is 0 Å². The van der Waals surface area contributed by atoms with Crippen LogP contribution in [-0.2, 0) is 0 Å². The van der Waals surface area contributed by atoms with E-state index >= 15 is 0 Å². The first-order valence-electron chi connectivity index (χ1n) is 6.06. The second kappa shape index (κ2) is 8.72. The lowest BCUT2D eigenvalue weighted by Crippen LogP contribution is -2.00. The van der Waals surface area contributed by atoms with Crippen LogP contribution in [0.4, 0.5) is 4.39 Å². The van der Waals surface area contributed by atoms with E-state index in [-0.39, 0.29) is 11.1 Å². The molecule has 0 amide bonds. The first kappa shape index (κ1) is 15.6. The topological polar surface area (TPSA) is 44.0 Å². The summed E-state index contributed by atoms with van der Waals surface area (Å²) >= 11 is 0. The lowest BCUT2D eigenvalue weighted by atomic mass is 10.0. The Balaban J connectivity index is 0.00000121. The van der Waals surface area contributed by atoms with E-state index < -0.39 is 11.9 Å². The number of halogens is 1. The number of aliphatic hydroxyl groups excluding tert-OH is 1. The van der Waals surface area contributed by atoms with Gasteiger partial charge in [0, 0.05) is 5.56 Å². The molecule has 94 valence electrons. The fraction of sp³-hybridized carbons (Fsp3) is 0.500. The summed E-state index contributed by atoms with van der Waals surface area (Å²) in [5.41, 5.74) is 0.557. The van der Waals surface area contributed by atoms with Crippen LogP contribution in [0.3, 0.4) is 0 Å². The van der Waals surface area contributed by atoms with Crippen LogP contribution in [0.2, 0.25) is 0 Å². The Morgan fingerprint density at radius 2 is 2.06 bits per heavy atom. The van der Waals surface area contributed by atoms with Gasteiger partial charge in [0.15, 0.2) is 0 Å². The molecule has 0 radical (unpaired) electrons. The number of unbranched alkanes of at least 4 members (excludes halogenated alkanes) is 1. The summed E-state index contributed by atoms with van der Waals surface area (Å²) < 4.78 is 13.4. The van der Waals surface area contributed by atoms with Gasteiger partial charge in [0.25, 0.3) is 0 Å². The van der Waals surface area contributed by atoms with E-state index in [4.69, 9.17) is 5.26 Å². The zero-order valence-corrected chi connectivity index (χ0v) is 10.7. The average Bonchev–Trinajstić information content (AvgIpc) is 2.38. The summed E-state index contributed by atoms with van der Waals surface area (Å²) in [4.78, 5) is 0. The number of nitrogens with zero attached hydrogens (tertiary/aromatic N) is 1. The molecule has 0 fully saturated rings. The van der Waals surface area contributed by atoms with Gasteiger partial charge in [-0.2, -0.15) is 5.26 Å². The van der Waals surface area contributed by atoms with E-state index in [1.54, 1.807) is 0 Å². The summed E-state index contributed by atoms with van der Waals surface area (Å²) in [5, 5.41) is 18.2. The van der Waals surface area contributed by atoms with Crippen LogP contribution in [-0.4, -0.2) is 5.11 Å². The number of aliphatic hydroxyl groups is 1. The third-order valence-electron chi connectivity index (χ3n) is 2.32. The van der Waals surface area contributed by atoms with E-state index in [2.05, 4.69) is 0 Å². The second-order valence-corrected chi connectivity index (χ2v) is 3.51. The molecule has 0 bridgehead atoms. The van der Waals surface area contributed by atoms with Gasteiger partial charge in [-0.05, 0) is 18.6 Å². The number of hydrogen-bond donors (Lipinski definition) is 1. The fourth-order valence-electron chi connectivity index (χ4n) is 1.42. The van der Waals surface area contributed by atoms with Gasteiger partial charge < -0.3 is 5.11 Å². The minimum atomic E-state index is -0.766. The van der Waals surface area contributed by atoms with Gasteiger partial charge in [0.05, 0.1) is 17.7 Å². The van der Waals surface area contributed by atoms with Crippen molar-refractivity contribution in [3.05, 3.63) is 35.1 Å². The van der Waals surface area contributed by atoms with Crippen molar-refractivity contribution in [2.75, 3.05) is 0 Å². The molecule has 17 heavy (non-hydrogen) atoms. The van der Waals surface area contributed by atoms with Crippen molar-refractivity contribution in [2.45, 2.75) is 46.1 Å². The first-order chi connectivity index (χ1) is 8.19. The Morgan fingerprint density at radius 1 is 1.41 bits per heavy atom. The van der Waals surface area contributed by atoms with Gasteiger partial charge in [-0.1, -0.05) is 39.7 Å². The summed E-state index contributed by atoms with van der Waals surface area (Å²) in [5.74, 6) is -0.502. The average molecular weight is 237 g/mol. The van der Waals surface area contributed by atoms with Gasteiger partial charge in [0.1, 0.15) is 5.82 Å². The van der Waals surface area contributed by atoms with Crippen molar-refractivity contribution < 1.29 is 9.50 Å². The van der Waals surface area contributed by atoms with E-state index in [0.29, 0.717) is 6.42 Å². The minimum absolute atomic E-state index is 0.277. The monoisotopic (exact) mass is 237 g/mol. The largest absolute Gasteiger partial charge is 0.388 e. The summed E-state index contributed by atoms with van der Waals surface area (Å²) in [7, 11) is 0. The molecule has 0 saturated heterocycles. The summed E-state index contributed by atoms with van der Waals surface area (Å²) in [6.07, 6.45) is 1.62. The molecule has 1 N–H and O–H groups in total. The number of benzene rings is 1. The highest BCUT2D eigenvalue weighted by molar-refractivity contribution is 5.33. The molecular formula is C14H20FNO. The van der Waals surface area contributed by atoms with Crippen LogP contribution in [0.1, 0.15) is 57.3 Å². The predicted octanol–water partition coefficient (Wildman–Crippen LogP) is 3.95. The molecule has 0 aliphatic rings. The molecule has 0 saturated carbocycles. The molecule has 0 aliphatic carbocycles. The van der Waals surface area contributed by atoms with Crippen LogP contribution in [0.15, 0.2) is 18.2 Å². The SMILES string of the molecule is CC.CCCCC(O)c1ccc(C#N)cc1F. The Labute approximate surface area is 103 Å². The Bertz CT molecular complexity index is 371. The van der Waals surface area contributed by atoms with Crippen LogP contribution >= 0.6 is 0 Å². The van der Waals surface area contributed by atoms with Gasteiger partial charge in [-0.3, -0.25) is 0 Å². The molecule has 0 aliphatic heterocycles. The number of rotatable bonds is 4. The predicted molar refractivity (Wildman–Crippen MR) is 66.9 cm³/mol. The molecule has 1 aromatic rings. The Hall–Kier alpha value is -1.40. The lowest BCUT2D eigenvalue weighted by Gasteiger charge is -2.11. The number of hydrogen-bond acceptors (Lipinski definition) is 2. The maximum absolute atomic E-state index is 13.4. The fourth-order valence-corrected chi connectivity index (χ4v) is 1.42. The van der Waals surface area contributed by atoms with E-state index in [1.165, 1.54) is 12.1 Å². The van der Waals surface area contributed by atoms with Crippen molar-refractivity contribution in [2.24, 2.45) is 0 Å². The summed E-state index contributed by atoms with van der Waals surface area (Å²) in [6.45, 7) is 6.02. The van der Waals surface area contributed by atoms with Crippen LogP contribution in [0.5, 0.6) is 0 Å². The second-order valence-electron chi connectivity index (χ2n) is 3.51. The van der Waals surface area contributed by atoms with E-state index in [9.17, 15) is 9.50 Å². The molecule has 1 atom stereocenters. The molecule has 1 rings (SSSR count). The molecular weight excluding hydrogens is 217 g/mol. The Kier molecular flexibility index (Phi) is 8.00. The van der Waals surface area contributed by atoms with E-state index in [1.807, 2.05) is 26.8 Å². The molecule has 1 unspecified atom stereocenters. The third kappa shape index (κ3) is 4.97. The molecule has 1 aromatic carbocycles. The maximum Gasteiger partial charge on any atom is 0.130 e. The van der Waals surface area contributed by atoms with Crippen molar-refractivity contribution >= 4 is 0 Å². The zero-order valence-electron chi connectivity index (χ0n) is 10.7. The van der Waals surface area contributed by atoms with Gasteiger partial charge in [-0.15, -0.1) is 0 Å². The van der Waals surface area contributed by atoms with Gasteiger partial charge in [-0.25, -0.2) is 4.39 Å².